The summed E-state index contributed by atoms with van der Waals surface area (Å²) in [5.41, 5.74) is 2.35. The van der Waals surface area contributed by atoms with Gasteiger partial charge in [-0.3, -0.25) is 4.79 Å². The van der Waals surface area contributed by atoms with Crippen molar-refractivity contribution in [3.63, 3.8) is 0 Å². The number of carbonyl (C=O) groups is 1. The first-order valence-electron chi connectivity index (χ1n) is 5.45. The Labute approximate surface area is 113 Å². The molecule has 0 aliphatic rings. The molecule has 2 N–H and O–H groups in total. The number of aryl methyl sites for hydroxylation is 2. The molecule has 2 aromatic rings. The second-order valence-corrected chi connectivity index (χ2v) is 5.50. The van der Waals surface area contributed by atoms with Crippen LogP contribution >= 0.6 is 22.9 Å². The Morgan fingerprint density at radius 2 is 2.22 bits per heavy atom. The summed E-state index contributed by atoms with van der Waals surface area (Å²) in [4.78, 5) is 16.4. The van der Waals surface area contributed by atoms with Gasteiger partial charge in [0.15, 0.2) is 0 Å². The largest absolute Gasteiger partial charge is 0.378 e. The second-order valence-electron chi connectivity index (χ2n) is 3.79. The molecule has 0 unspecified atom stereocenters. The molecule has 18 heavy (non-hydrogen) atoms. The van der Waals surface area contributed by atoms with E-state index in [1.165, 1.54) is 11.5 Å². The smallest absolute Gasteiger partial charge is 0.256 e. The van der Waals surface area contributed by atoms with E-state index in [2.05, 4.69) is 20.0 Å². The topological polar surface area (TPSA) is 66.9 Å². The van der Waals surface area contributed by atoms with E-state index in [1.54, 1.807) is 18.4 Å². The normalized spacial score (nSPS) is 10.4. The van der Waals surface area contributed by atoms with E-state index in [1.807, 2.05) is 19.2 Å². The van der Waals surface area contributed by atoms with Crippen molar-refractivity contribution in [3.8, 4) is 0 Å². The summed E-state index contributed by atoms with van der Waals surface area (Å²) in [6.07, 6.45) is 0. The number of carbonyl (C=O) groups excluding carboxylic acids is 1. The highest BCUT2D eigenvalue weighted by atomic mass is 32.1. The van der Waals surface area contributed by atoms with Gasteiger partial charge in [0, 0.05) is 18.1 Å². The van der Waals surface area contributed by atoms with Crippen LogP contribution in [0.5, 0.6) is 0 Å². The SMILES string of the molecule is CNc1snc(C)c1C(=O)NCc1nc(C)cs1. The first kappa shape index (κ1) is 13.0. The number of hydrogen-bond donors (Lipinski definition) is 2. The summed E-state index contributed by atoms with van der Waals surface area (Å²) in [6, 6.07) is 0. The number of aromatic nitrogens is 2. The third-order valence-electron chi connectivity index (χ3n) is 2.38. The maximum Gasteiger partial charge on any atom is 0.256 e. The summed E-state index contributed by atoms with van der Waals surface area (Å²) in [6.45, 7) is 4.23. The van der Waals surface area contributed by atoms with Crippen LogP contribution in [0.4, 0.5) is 5.00 Å². The Hall–Kier alpha value is -1.47. The molecule has 7 heteroatoms. The van der Waals surface area contributed by atoms with E-state index >= 15 is 0 Å². The lowest BCUT2D eigenvalue weighted by Crippen LogP contribution is -2.23. The van der Waals surface area contributed by atoms with Gasteiger partial charge < -0.3 is 10.6 Å². The Kier molecular flexibility index (Phi) is 3.93. The van der Waals surface area contributed by atoms with E-state index in [-0.39, 0.29) is 5.91 Å². The van der Waals surface area contributed by atoms with Gasteiger partial charge in [0.05, 0.1) is 17.8 Å². The molecule has 2 heterocycles. The number of thiazole rings is 1. The summed E-state index contributed by atoms with van der Waals surface area (Å²) >= 11 is 2.84. The van der Waals surface area contributed by atoms with E-state index in [0.717, 1.165) is 21.4 Å². The molecule has 0 radical (unpaired) electrons. The minimum absolute atomic E-state index is 0.113. The van der Waals surface area contributed by atoms with Crippen molar-refractivity contribution in [3.05, 3.63) is 27.3 Å². The van der Waals surface area contributed by atoms with Crippen LogP contribution in [-0.2, 0) is 6.54 Å². The third kappa shape index (κ3) is 2.68. The van der Waals surface area contributed by atoms with Crippen molar-refractivity contribution in [2.45, 2.75) is 20.4 Å². The Morgan fingerprint density at radius 1 is 1.44 bits per heavy atom. The quantitative estimate of drug-likeness (QED) is 0.902. The summed E-state index contributed by atoms with van der Waals surface area (Å²) in [7, 11) is 1.79. The van der Waals surface area contributed by atoms with Gasteiger partial charge in [0.1, 0.15) is 10.0 Å². The zero-order valence-corrected chi connectivity index (χ0v) is 12.0. The lowest BCUT2D eigenvalue weighted by molar-refractivity contribution is 0.0951. The monoisotopic (exact) mass is 282 g/mol. The van der Waals surface area contributed by atoms with Crippen LogP contribution in [0, 0.1) is 13.8 Å². The van der Waals surface area contributed by atoms with Crippen molar-refractivity contribution < 1.29 is 4.79 Å². The maximum absolute atomic E-state index is 12.1. The molecule has 0 saturated heterocycles. The number of nitrogens with zero attached hydrogens (tertiary/aromatic N) is 2. The predicted octanol–water partition coefficient (Wildman–Crippen LogP) is 2.19. The van der Waals surface area contributed by atoms with Crippen molar-refractivity contribution in [2.24, 2.45) is 0 Å². The molecule has 0 spiro atoms. The van der Waals surface area contributed by atoms with Gasteiger partial charge in [-0.1, -0.05) is 0 Å². The van der Waals surface area contributed by atoms with Crippen LogP contribution in [0.1, 0.15) is 26.8 Å². The van der Waals surface area contributed by atoms with E-state index in [0.29, 0.717) is 12.1 Å². The van der Waals surface area contributed by atoms with Gasteiger partial charge in [-0.05, 0) is 25.4 Å². The predicted molar refractivity (Wildman–Crippen MR) is 74.4 cm³/mol. The van der Waals surface area contributed by atoms with Crippen molar-refractivity contribution in [1.29, 1.82) is 0 Å². The molecule has 0 atom stereocenters. The van der Waals surface area contributed by atoms with Crippen molar-refractivity contribution in [1.82, 2.24) is 14.7 Å². The van der Waals surface area contributed by atoms with Crippen LogP contribution < -0.4 is 10.6 Å². The fraction of sp³-hybridized carbons (Fsp3) is 0.364. The second kappa shape index (κ2) is 5.45. The van der Waals surface area contributed by atoms with Crippen molar-refractivity contribution >= 4 is 33.8 Å². The number of amides is 1. The minimum atomic E-state index is -0.113. The molecular weight excluding hydrogens is 268 g/mol. The Bertz CT molecular complexity index is 561. The molecule has 0 fully saturated rings. The lowest BCUT2D eigenvalue weighted by Gasteiger charge is -2.04. The van der Waals surface area contributed by atoms with Gasteiger partial charge in [-0.25, -0.2) is 4.98 Å². The Morgan fingerprint density at radius 3 is 2.83 bits per heavy atom. The number of anilines is 1. The fourth-order valence-electron chi connectivity index (χ4n) is 1.54. The number of hydrogen-bond acceptors (Lipinski definition) is 6. The molecule has 1 amide bonds. The van der Waals surface area contributed by atoms with Crippen LogP contribution in [0.25, 0.3) is 0 Å². The summed E-state index contributed by atoms with van der Waals surface area (Å²) < 4.78 is 4.17. The minimum Gasteiger partial charge on any atom is -0.378 e. The molecule has 0 aliphatic heterocycles. The Balaban J connectivity index is 2.05. The molecule has 0 aliphatic carbocycles. The maximum atomic E-state index is 12.1. The standard InChI is InChI=1S/C11H14N4OS2/c1-6-5-17-8(14-6)4-13-10(16)9-7(2)15-18-11(9)12-3/h5,12H,4H2,1-3H3,(H,13,16). The third-order valence-corrected chi connectivity index (χ3v) is 4.31. The number of rotatable bonds is 4. The van der Waals surface area contributed by atoms with Gasteiger partial charge in [-0.2, -0.15) is 4.37 Å². The van der Waals surface area contributed by atoms with Crippen LogP contribution in [-0.4, -0.2) is 22.3 Å². The zero-order chi connectivity index (χ0) is 13.1. The average molecular weight is 282 g/mol. The van der Waals surface area contributed by atoms with Crippen LogP contribution in [0.15, 0.2) is 5.38 Å². The molecule has 2 rings (SSSR count). The zero-order valence-electron chi connectivity index (χ0n) is 10.4. The van der Waals surface area contributed by atoms with Crippen molar-refractivity contribution in [2.75, 3.05) is 12.4 Å². The van der Waals surface area contributed by atoms with E-state index in [9.17, 15) is 4.79 Å². The highest BCUT2D eigenvalue weighted by Crippen LogP contribution is 2.23. The van der Waals surface area contributed by atoms with Crippen LogP contribution in [0.3, 0.4) is 0 Å². The van der Waals surface area contributed by atoms with E-state index in [4.69, 9.17) is 0 Å². The van der Waals surface area contributed by atoms with E-state index < -0.39 is 0 Å². The average Bonchev–Trinajstić information content (AvgIpc) is 2.92. The summed E-state index contributed by atoms with van der Waals surface area (Å²) in [5, 5.41) is 9.52. The molecule has 96 valence electrons. The van der Waals surface area contributed by atoms with Gasteiger partial charge in [-0.15, -0.1) is 11.3 Å². The van der Waals surface area contributed by atoms with Gasteiger partial charge in [0.25, 0.3) is 5.91 Å². The van der Waals surface area contributed by atoms with Crippen LogP contribution in [0.2, 0.25) is 0 Å². The molecule has 0 bridgehead atoms. The summed E-state index contributed by atoms with van der Waals surface area (Å²) in [5.74, 6) is -0.113. The molecule has 0 aromatic carbocycles. The highest BCUT2D eigenvalue weighted by molar-refractivity contribution is 7.10. The first-order chi connectivity index (χ1) is 8.61. The fourth-order valence-corrected chi connectivity index (χ4v) is 2.99. The lowest BCUT2D eigenvalue weighted by atomic mass is 10.2. The molecule has 0 saturated carbocycles. The molecule has 5 nitrogen and oxygen atoms in total. The molecule has 2 aromatic heterocycles. The van der Waals surface area contributed by atoms with Gasteiger partial charge >= 0.3 is 0 Å². The first-order valence-corrected chi connectivity index (χ1v) is 7.10. The molecular formula is C11H14N4OS2. The highest BCUT2D eigenvalue weighted by Gasteiger charge is 2.17. The number of nitrogens with one attached hydrogen (secondary N) is 2. The van der Waals surface area contributed by atoms with Gasteiger partial charge in [0.2, 0.25) is 0 Å².